The van der Waals surface area contributed by atoms with Gasteiger partial charge in [0, 0.05) is 32.2 Å². The number of hydrogen-bond donors (Lipinski definition) is 2. The lowest BCUT2D eigenvalue weighted by molar-refractivity contribution is 0.235. The molecule has 30 heavy (non-hydrogen) atoms. The molecule has 7 heteroatoms. The number of nitrogens with one attached hydrogen (secondary N) is 2. The third kappa shape index (κ3) is 5.79. The van der Waals surface area contributed by atoms with E-state index in [1.807, 2.05) is 25.1 Å². The SMILES string of the molecule is CCOc1c(OC)cc(CNC(=O)NC2CCN(Cc3ccccc3)C2)cc1OC. The van der Waals surface area contributed by atoms with Gasteiger partial charge in [-0.25, -0.2) is 4.79 Å². The Morgan fingerprint density at radius 3 is 2.43 bits per heavy atom. The second-order valence-electron chi connectivity index (χ2n) is 7.30. The van der Waals surface area contributed by atoms with Crippen LogP contribution in [-0.2, 0) is 13.1 Å². The zero-order valence-corrected chi connectivity index (χ0v) is 17.9. The predicted octanol–water partition coefficient (Wildman–Crippen LogP) is 3.18. The number of carbonyl (C=O) groups is 1. The molecule has 2 aromatic rings. The lowest BCUT2D eigenvalue weighted by Gasteiger charge is -2.18. The van der Waals surface area contributed by atoms with E-state index in [-0.39, 0.29) is 12.1 Å². The highest BCUT2D eigenvalue weighted by atomic mass is 16.5. The summed E-state index contributed by atoms with van der Waals surface area (Å²) in [6, 6.07) is 14.1. The highest BCUT2D eigenvalue weighted by Gasteiger charge is 2.23. The molecule has 1 unspecified atom stereocenters. The van der Waals surface area contributed by atoms with Gasteiger partial charge in [-0.3, -0.25) is 4.90 Å². The summed E-state index contributed by atoms with van der Waals surface area (Å²) in [6.45, 7) is 5.52. The van der Waals surface area contributed by atoms with E-state index in [0.29, 0.717) is 30.4 Å². The van der Waals surface area contributed by atoms with Crippen LogP contribution < -0.4 is 24.8 Å². The first-order valence-electron chi connectivity index (χ1n) is 10.3. The van der Waals surface area contributed by atoms with E-state index < -0.39 is 0 Å². The van der Waals surface area contributed by atoms with Crippen LogP contribution in [0.5, 0.6) is 17.2 Å². The highest BCUT2D eigenvalue weighted by molar-refractivity contribution is 5.74. The van der Waals surface area contributed by atoms with Crippen LogP contribution in [-0.4, -0.2) is 50.9 Å². The number of methoxy groups -OCH3 is 2. The van der Waals surface area contributed by atoms with Gasteiger partial charge in [0.15, 0.2) is 11.5 Å². The minimum atomic E-state index is -0.173. The number of urea groups is 1. The van der Waals surface area contributed by atoms with E-state index in [4.69, 9.17) is 14.2 Å². The van der Waals surface area contributed by atoms with Crippen LogP contribution in [0.15, 0.2) is 42.5 Å². The normalized spacial score (nSPS) is 16.2. The van der Waals surface area contributed by atoms with Crippen LogP contribution >= 0.6 is 0 Å². The summed E-state index contributed by atoms with van der Waals surface area (Å²) in [5.74, 6) is 1.74. The Kier molecular flexibility index (Phi) is 7.79. The van der Waals surface area contributed by atoms with E-state index in [1.165, 1.54) is 5.56 Å². The number of amides is 2. The third-order valence-corrected chi connectivity index (χ3v) is 5.12. The van der Waals surface area contributed by atoms with Crippen LogP contribution in [0.3, 0.4) is 0 Å². The molecule has 2 amide bonds. The van der Waals surface area contributed by atoms with Crippen molar-refractivity contribution in [1.29, 1.82) is 0 Å². The molecule has 1 aliphatic rings. The predicted molar refractivity (Wildman–Crippen MR) is 116 cm³/mol. The summed E-state index contributed by atoms with van der Waals surface area (Å²) in [4.78, 5) is 14.8. The topological polar surface area (TPSA) is 72.1 Å². The Labute approximate surface area is 178 Å². The minimum absolute atomic E-state index is 0.151. The van der Waals surface area contributed by atoms with Crippen LogP contribution in [0, 0.1) is 0 Å². The zero-order valence-electron chi connectivity index (χ0n) is 17.9. The Morgan fingerprint density at radius 2 is 1.80 bits per heavy atom. The van der Waals surface area contributed by atoms with E-state index in [0.717, 1.165) is 31.6 Å². The van der Waals surface area contributed by atoms with Gasteiger partial charge in [-0.1, -0.05) is 30.3 Å². The van der Waals surface area contributed by atoms with Crippen molar-refractivity contribution in [2.45, 2.75) is 32.5 Å². The van der Waals surface area contributed by atoms with Crippen molar-refractivity contribution < 1.29 is 19.0 Å². The number of carbonyl (C=O) groups excluding carboxylic acids is 1. The molecule has 0 bridgehead atoms. The van der Waals surface area contributed by atoms with Gasteiger partial charge < -0.3 is 24.8 Å². The fraction of sp³-hybridized carbons (Fsp3) is 0.435. The lowest BCUT2D eigenvalue weighted by Crippen LogP contribution is -2.43. The molecule has 0 aromatic heterocycles. The summed E-state index contributed by atoms with van der Waals surface area (Å²) in [7, 11) is 3.17. The molecule has 2 aromatic carbocycles. The standard InChI is InChI=1S/C23H31N3O4/c1-4-30-22-20(28-2)12-18(13-21(22)29-3)14-24-23(27)25-19-10-11-26(16-19)15-17-8-6-5-7-9-17/h5-9,12-13,19H,4,10-11,14-16H2,1-3H3,(H2,24,25,27). The number of hydrogen-bond acceptors (Lipinski definition) is 5. The molecular formula is C23H31N3O4. The Balaban J connectivity index is 1.50. The summed E-state index contributed by atoms with van der Waals surface area (Å²) >= 11 is 0. The average molecular weight is 414 g/mol. The molecule has 1 heterocycles. The maximum atomic E-state index is 12.4. The molecule has 1 saturated heterocycles. The third-order valence-electron chi connectivity index (χ3n) is 5.12. The van der Waals surface area contributed by atoms with Gasteiger partial charge in [0.25, 0.3) is 0 Å². The first-order valence-corrected chi connectivity index (χ1v) is 10.3. The smallest absolute Gasteiger partial charge is 0.315 e. The molecule has 162 valence electrons. The number of nitrogens with zero attached hydrogens (tertiary/aromatic N) is 1. The minimum Gasteiger partial charge on any atom is -0.493 e. The van der Waals surface area contributed by atoms with E-state index in [9.17, 15) is 4.79 Å². The van der Waals surface area contributed by atoms with Gasteiger partial charge in [0.1, 0.15) is 0 Å². The van der Waals surface area contributed by atoms with Crippen molar-refractivity contribution >= 4 is 6.03 Å². The monoisotopic (exact) mass is 413 g/mol. The number of ether oxygens (including phenoxy) is 3. The largest absolute Gasteiger partial charge is 0.493 e. The summed E-state index contributed by atoms with van der Waals surface area (Å²) < 4.78 is 16.5. The van der Waals surface area contributed by atoms with E-state index >= 15 is 0 Å². The van der Waals surface area contributed by atoms with Crippen molar-refractivity contribution in [1.82, 2.24) is 15.5 Å². The van der Waals surface area contributed by atoms with Crippen molar-refractivity contribution in [2.75, 3.05) is 33.9 Å². The maximum Gasteiger partial charge on any atom is 0.315 e. The van der Waals surface area contributed by atoms with Crippen molar-refractivity contribution in [2.24, 2.45) is 0 Å². The van der Waals surface area contributed by atoms with Crippen LogP contribution in [0.4, 0.5) is 4.79 Å². The quantitative estimate of drug-likeness (QED) is 0.661. The molecule has 1 aliphatic heterocycles. The van der Waals surface area contributed by atoms with Crippen LogP contribution in [0.2, 0.25) is 0 Å². The van der Waals surface area contributed by atoms with Gasteiger partial charge in [-0.15, -0.1) is 0 Å². The van der Waals surface area contributed by atoms with Crippen LogP contribution in [0.1, 0.15) is 24.5 Å². The summed E-state index contributed by atoms with van der Waals surface area (Å²) in [5.41, 5.74) is 2.17. The van der Waals surface area contributed by atoms with Gasteiger partial charge in [0.05, 0.1) is 20.8 Å². The Bertz CT molecular complexity index is 803. The molecule has 1 atom stereocenters. The molecular weight excluding hydrogens is 382 g/mol. The fourth-order valence-corrected chi connectivity index (χ4v) is 3.68. The average Bonchev–Trinajstić information content (AvgIpc) is 3.20. The first-order chi connectivity index (χ1) is 14.6. The van der Waals surface area contributed by atoms with Gasteiger partial charge in [-0.05, 0) is 36.6 Å². The molecule has 1 fully saturated rings. The summed E-state index contributed by atoms with van der Waals surface area (Å²) in [5, 5.41) is 6.00. The van der Waals surface area contributed by atoms with Crippen LogP contribution in [0.25, 0.3) is 0 Å². The molecule has 2 N–H and O–H groups in total. The second kappa shape index (κ2) is 10.7. The number of rotatable bonds is 9. The van der Waals surface area contributed by atoms with Crippen molar-refractivity contribution in [3.8, 4) is 17.2 Å². The molecule has 3 rings (SSSR count). The number of benzene rings is 2. The number of likely N-dealkylation sites (tertiary alicyclic amines) is 1. The molecule has 0 radical (unpaired) electrons. The van der Waals surface area contributed by atoms with Gasteiger partial charge in [0.2, 0.25) is 5.75 Å². The molecule has 7 nitrogen and oxygen atoms in total. The van der Waals surface area contributed by atoms with Gasteiger partial charge in [-0.2, -0.15) is 0 Å². The van der Waals surface area contributed by atoms with Gasteiger partial charge >= 0.3 is 6.03 Å². The van der Waals surface area contributed by atoms with E-state index in [2.05, 4.69) is 39.8 Å². The zero-order chi connectivity index (χ0) is 21.3. The summed E-state index contributed by atoms with van der Waals surface area (Å²) in [6.07, 6.45) is 0.949. The molecule has 0 spiro atoms. The van der Waals surface area contributed by atoms with Crippen molar-refractivity contribution in [3.05, 3.63) is 53.6 Å². The Hall–Kier alpha value is -2.93. The molecule has 0 saturated carbocycles. The second-order valence-corrected chi connectivity index (χ2v) is 7.30. The first kappa shape index (κ1) is 21.8. The fourth-order valence-electron chi connectivity index (χ4n) is 3.68. The van der Waals surface area contributed by atoms with Crippen molar-refractivity contribution in [3.63, 3.8) is 0 Å². The maximum absolute atomic E-state index is 12.4. The highest BCUT2D eigenvalue weighted by Crippen LogP contribution is 2.38. The van der Waals surface area contributed by atoms with E-state index in [1.54, 1.807) is 14.2 Å². The Morgan fingerprint density at radius 1 is 1.10 bits per heavy atom. The lowest BCUT2D eigenvalue weighted by atomic mass is 10.1. The molecule has 0 aliphatic carbocycles.